The number of likely N-dealkylation sites (tertiary alicyclic amines) is 1. The van der Waals surface area contributed by atoms with Crippen LogP contribution in [0, 0.1) is 0 Å². The maximum Gasteiger partial charge on any atom is 0.240 e. The Labute approximate surface area is 115 Å². The molecule has 18 heavy (non-hydrogen) atoms. The first-order valence-electron chi connectivity index (χ1n) is 7.21. The normalized spacial score (nSPS) is 33.4. The Bertz CT molecular complexity index is 296. The van der Waals surface area contributed by atoms with Gasteiger partial charge in [-0.15, -0.1) is 0 Å². The highest BCUT2D eigenvalue weighted by Gasteiger charge is 2.37. The van der Waals surface area contributed by atoms with E-state index < -0.39 is 0 Å². The molecule has 2 fully saturated rings. The fourth-order valence-corrected chi connectivity index (χ4v) is 4.06. The molecule has 104 valence electrons. The van der Waals surface area contributed by atoms with Gasteiger partial charge in [0.2, 0.25) is 5.91 Å². The van der Waals surface area contributed by atoms with Gasteiger partial charge in [0.05, 0.1) is 6.04 Å². The highest BCUT2D eigenvalue weighted by molar-refractivity contribution is 7.99. The SMILES string of the molecule is CSC1CCCC(N2CCC(NC(C)C)C2=O)C1. The molecule has 0 spiro atoms. The second-order valence-corrected chi connectivity index (χ2v) is 7.01. The Morgan fingerprint density at radius 3 is 2.78 bits per heavy atom. The lowest BCUT2D eigenvalue weighted by Crippen LogP contribution is -2.46. The Kier molecular flexibility index (Phi) is 4.96. The van der Waals surface area contributed by atoms with Crippen LogP contribution >= 0.6 is 11.8 Å². The lowest BCUT2D eigenvalue weighted by Gasteiger charge is -2.35. The average Bonchev–Trinajstić information content (AvgIpc) is 2.70. The third-order valence-electron chi connectivity index (χ3n) is 4.15. The Hall–Kier alpha value is -0.220. The van der Waals surface area contributed by atoms with Gasteiger partial charge in [-0.05, 0) is 31.9 Å². The number of nitrogens with zero attached hydrogens (tertiary/aromatic N) is 1. The van der Waals surface area contributed by atoms with Gasteiger partial charge in [-0.2, -0.15) is 11.8 Å². The highest BCUT2D eigenvalue weighted by atomic mass is 32.2. The van der Waals surface area contributed by atoms with Crippen molar-refractivity contribution in [1.29, 1.82) is 0 Å². The smallest absolute Gasteiger partial charge is 0.240 e. The number of hydrogen-bond donors (Lipinski definition) is 1. The molecule has 1 saturated carbocycles. The average molecular weight is 270 g/mol. The fourth-order valence-electron chi connectivity index (χ4n) is 3.24. The molecular formula is C14H26N2OS. The molecule has 1 aliphatic heterocycles. The number of rotatable bonds is 4. The van der Waals surface area contributed by atoms with Crippen LogP contribution in [0.15, 0.2) is 0 Å². The van der Waals surface area contributed by atoms with E-state index in [1.165, 1.54) is 25.7 Å². The first-order chi connectivity index (χ1) is 8.61. The van der Waals surface area contributed by atoms with E-state index >= 15 is 0 Å². The summed E-state index contributed by atoms with van der Waals surface area (Å²) in [7, 11) is 0. The van der Waals surface area contributed by atoms with Gasteiger partial charge in [0.15, 0.2) is 0 Å². The quantitative estimate of drug-likeness (QED) is 0.850. The second-order valence-electron chi connectivity index (χ2n) is 5.87. The minimum atomic E-state index is 0.0691. The van der Waals surface area contributed by atoms with Crippen molar-refractivity contribution in [3.8, 4) is 0 Å². The van der Waals surface area contributed by atoms with Crippen LogP contribution in [0.2, 0.25) is 0 Å². The monoisotopic (exact) mass is 270 g/mol. The molecule has 1 amide bonds. The summed E-state index contributed by atoms with van der Waals surface area (Å²) in [5.41, 5.74) is 0. The van der Waals surface area contributed by atoms with Crippen molar-refractivity contribution in [2.75, 3.05) is 12.8 Å². The van der Waals surface area contributed by atoms with Crippen LogP contribution in [-0.4, -0.2) is 47.0 Å². The standard InChI is InChI=1S/C14H26N2OS/c1-10(2)15-13-7-8-16(14(13)17)11-5-4-6-12(9-11)18-3/h10-13,15H,4-9H2,1-3H3. The van der Waals surface area contributed by atoms with E-state index in [1.54, 1.807) is 0 Å². The zero-order valence-corrected chi connectivity index (χ0v) is 12.6. The van der Waals surface area contributed by atoms with Crippen molar-refractivity contribution in [2.45, 2.75) is 69.3 Å². The van der Waals surface area contributed by atoms with E-state index in [0.717, 1.165) is 18.2 Å². The van der Waals surface area contributed by atoms with Crippen LogP contribution < -0.4 is 5.32 Å². The van der Waals surface area contributed by atoms with Crippen LogP contribution in [-0.2, 0) is 4.79 Å². The molecule has 1 heterocycles. The Morgan fingerprint density at radius 2 is 2.11 bits per heavy atom. The van der Waals surface area contributed by atoms with E-state index in [-0.39, 0.29) is 6.04 Å². The van der Waals surface area contributed by atoms with E-state index in [1.807, 2.05) is 11.8 Å². The number of amides is 1. The molecule has 2 aliphatic rings. The minimum absolute atomic E-state index is 0.0691. The Morgan fingerprint density at radius 1 is 1.33 bits per heavy atom. The molecule has 0 aromatic carbocycles. The first-order valence-corrected chi connectivity index (χ1v) is 8.50. The predicted octanol–water partition coefficient (Wildman–Crippen LogP) is 2.26. The van der Waals surface area contributed by atoms with Crippen molar-refractivity contribution in [2.24, 2.45) is 0 Å². The van der Waals surface area contributed by atoms with Crippen molar-refractivity contribution < 1.29 is 4.79 Å². The van der Waals surface area contributed by atoms with E-state index in [2.05, 4.69) is 30.3 Å². The fraction of sp³-hybridized carbons (Fsp3) is 0.929. The lowest BCUT2D eigenvalue weighted by atomic mass is 9.94. The maximum atomic E-state index is 12.4. The van der Waals surface area contributed by atoms with Crippen LogP contribution in [0.3, 0.4) is 0 Å². The van der Waals surface area contributed by atoms with Gasteiger partial charge in [-0.25, -0.2) is 0 Å². The molecule has 1 saturated heterocycles. The first kappa shape index (κ1) is 14.2. The molecular weight excluding hydrogens is 244 g/mol. The summed E-state index contributed by atoms with van der Waals surface area (Å²) in [6.45, 7) is 5.18. The molecule has 4 heteroatoms. The summed E-state index contributed by atoms with van der Waals surface area (Å²) in [6, 6.07) is 0.964. The lowest BCUT2D eigenvalue weighted by molar-refractivity contribution is -0.132. The van der Waals surface area contributed by atoms with Gasteiger partial charge >= 0.3 is 0 Å². The van der Waals surface area contributed by atoms with E-state index in [9.17, 15) is 4.79 Å². The largest absolute Gasteiger partial charge is 0.338 e. The van der Waals surface area contributed by atoms with E-state index in [4.69, 9.17) is 0 Å². The molecule has 1 N–H and O–H groups in total. The van der Waals surface area contributed by atoms with E-state index in [0.29, 0.717) is 18.0 Å². The molecule has 3 nitrogen and oxygen atoms in total. The van der Waals surface area contributed by atoms with Gasteiger partial charge in [0.25, 0.3) is 0 Å². The molecule has 0 aromatic heterocycles. The van der Waals surface area contributed by atoms with Crippen LogP contribution in [0.1, 0.15) is 46.0 Å². The predicted molar refractivity (Wildman–Crippen MR) is 77.9 cm³/mol. The summed E-state index contributed by atoms with van der Waals surface area (Å²) in [5.74, 6) is 0.343. The third kappa shape index (κ3) is 3.21. The van der Waals surface area contributed by atoms with Crippen molar-refractivity contribution in [1.82, 2.24) is 10.2 Å². The van der Waals surface area contributed by atoms with Crippen molar-refractivity contribution in [3.05, 3.63) is 0 Å². The van der Waals surface area contributed by atoms with Crippen LogP contribution in [0.4, 0.5) is 0 Å². The summed E-state index contributed by atoms with van der Waals surface area (Å²) >= 11 is 1.97. The summed E-state index contributed by atoms with van der Waals surface area (Å²) < 4.78 is 0. The molecule has 0 bridgehead atoms. The number of carbonyl (C=O) groups excluding carboxylic acids is 1. The van der Waals surface area contributed by atoms with Gasteiger partial charge in [-0.1, -0.05) is 20.3 Å². The number of nitrogens with one attached hydrogen (secondary N) is 1. The van der Waals surface area contributed by atoms with Gasteiger partial charge in [0.1, 0.15) is 0 Å². The molecule has 1 aliphatic carbocycles. The molecule has 3 unspecified atom stereocenters. The van der Waals surface area contributed by atoms with Gasteiger partial charge in [0, 0.05) is 23.9 Å². The van der Waals surface area contributed by atoms with Crippen LogP contribution in [0.25, 0.3) is 0 Å². The minimum Gasteiger partial charge on any atom is -0.338 e. The Balaban J connectivity index is 1.92. The number of hydrogen-bond acceptors (Lipinski definition) is 3. The van der Waals surface area contributed by atoms with Crippen molar-refractivity contribution in [3.63, 3.8) is 0 Å². The van der Waals surface area contributed by atoms with Crippen LogP contribution in [0.5, 0.6) is 0 Å². The van der Waals surface area contributed by atoms with Gasteiger partial charge in [-0.3, -0.25) is 4.79 Å². The summed E-state index contributed by atoms with van der Waals surface area (Å²) in [6.07, 6.45) is 8.19. The highest BCUT2D eigenvalue weighted by Crippen LogP contribution is 2.31. The summed E-state index contributed by atoms with van der Waals surface area (Å²) in [5, 5.41) is 4.15. The number of thioether (sulfide) groups is 1. The number of carbonyl (C=O) groups is 1. The summed E-state index contributed by atoms with van der Waals surface area (Å²) in [4.78, 5) is 14.5. The zero-order chi connectivity index (χ0) is 13.1. The molecule has 3 atom stereocenters. The van der Waals surface area contributed by atoms with Gasteiger partial charge < -0.3 is 10.2 Å². The maximum absolute atomic E-state index is 12.4. The molecule has 0 aromatic rings. The third-order valence-corrected chi connectivity index (χ3v) is 5.24. The zero-order valence-electron chi connectivity index (χ0n) is 11.8. The second kappa shape index (κ2) is 6.29. The topological polar surface area (TPSA) is 32.3 Å². The molecule has 0 radical (unpaired) electrons. The van der Waals surface area contributed by atoms with Crippen molar-refractivity contribution >= 4 is 17.7 Å². The molecule has 2 rings (SSSR count).